The minimum atomic E-state index is 0.0597. The number of carbonyl (C=O) groups is 1. The summed E-state index contributed by atoms with van der Waals surface area (Å²) in [4.78, 5) is 14.3. The van der Waals surface area contributed by atoms with Crippen molar-refractivity contribution >= 4 is 13.8 Å². The zero-order valence-corrected chi connectivity index (χ0v) is 12.6. The van der Waals surface area contributed by atoms with Crippen molar-refractivity contribution in [2.75, 3.05) is 13.1 Å². The van der Waals surface area contributed by atoms with Gasteiger partial charge in [-0.3, -0.25) is 9.69 Å². The van der Waals surface area contributed by atoms with Gasteiger partial charge in [0.05, 0.1) is 6.04 Å². The third-order valence-corrected chi connectivity index (χ3v) is 4.28. The standard InChI is InChI=1S/C16H25BN2O/c1-13(20)16-15(18-17)10-6-12-19(16)11-5-9-14-7-3-2-4-8-14/h2-4,7-8,15-16,18H,5-6,9-12,17H2,1H3/t15-,16+/m1/s1. The van der Waals surface area contributed by atoms with Gasteiger partial charge < -0.3 is 5.23 Å². The molecule has 3 nitrogen and oxygen atoms in total. The Kier molecular flexibility index (Phi) is 5.80. The van der Waals surface area contributed by atoms with E-state index in [2.05, 4.69) is 40.5 Å². The fourth-order valence-electron chi connectivity index (χ4n) is 3.29. The number of benzene rings is 1. The lowest BCUT2D eigenvalue weighted by Gasteiger charge is -2.40. The first-order chi connectivity index (χ1) is 9.72. The maximum atomic E-state index is 11.9. The van der Waals surface area contributed by atoms with Gasteiger partial charge in [-0.25, -0.2) is 0 Å². The molecule has 1 fully saturated rings. The van der Waals surface area contributed by atoms with Crippen LogP contribution in [0.1, 0.15) is 31.7 Å². The number of aryl methyl sites for hydroxylation is 1. The van der Waals surface area contributed by atoms with E-state index in [0.717, 1.165) is 32.4 Å². The fourth-order valence-corrected chi connectivity index (χ4v) is 3.29. The van der Waals surface area contributed by atoms with Gasteiger partial charge >= 0.3 is 0 Å². The molecule has 1 heterocycles. The van der Waals surface area contributed by atoms with Gasteiger partial charge in [0, 0.05) is 6.04 Å². The molecule has 1 saturated heterocycles. The molecule has 1 aliphatic rings. The molecule has 0 unspecified atom stereocenters. The average molecular weight is 272 g/mol. The molecule has 0 bridgehead atoms. The van der Waals surface area contributed by atoms with Crippen molar-refractivity contribution in [1.82, 2.24) is 10.1 Å². The van der Waals surface area contributed by atoms with E-state index in [9.17, 15) is 4.79 Å². The van der Waals surface area contributed by atoms with Gasteiger partial charge in [0.1, 0.15) is 5.78 Å². The van der Waals surface area contributed by atoms with E-state index in [1.165, 1.54) is 12.0 Å². The molecule has 4 heteroatoms. The van der Waals surface area contributed by atoms with Crippen LogP contribution in [-0.2, 0) is 11.2 Å². The highest BCUT2D eigenvalue weighted by Crippen LogP contribution is 2.19. The Labute approximate surface area is 123 Å². The molecule has 1 aromatic rings. The topological polar surface area (TPSA) is 32.3 Å². The Bertz CT molecular complexity index is 424. The molecule has 2 atom stereocenters. The van der Waals surface area contributed by atoms with Gasteiger partial charge in [0.25, 0.3) is 0 Å². The molecule has 108 valence electrons. The minimum Gasteiger partial charge on any atom is -0.358 e. The first-order valence-corrected chi connectivity index (χ1v) is 7.68. The Morgan fingerprint density at radius 1 is 1.40 bits per heavy atom. The summed E-state index contributed by atoms with van der Waals surface area (Å²) in [5.74, 6) is 0.295. The fraction of sp³-hybridized carbons (Fsp3) is 0.562. The van der Waals surface area contributed by atoms with Gasteiger partial charge in [-0.1, -0.05) is 30.3 Å². The maximum Gasteiger partial charge on any atom is 0.182 e. The number of rotatable bonds is 6. The first kappa shape index (κ1) is 15.3. The Morgan fingerprint density at radius 2 is 2.15 bits per heavy atom. The lowest BCUT2D eigenvalue weighted by atomic mass is 9.91. The summed E-state index contributed by atoms with van der Waals surface area (Å²) in [7, 11) is 1.97. The summed E-state index contributed by atoms with van der Waals surface area (Å²) in [5, 5.41) is 3.31. The second-order valence-electron chi connectivity index (χ2n) is 5.72. The first-order valence-electron chi connectivity index (χ1n) is 7.68. The highest BCUT2D eigenvalue weighted by molar-refractivity contribution is 6.05. The van der Waals surface area contributed by atoms with Gasteiger partial charge in [-0.15, -0.1) is 0 Å². The molecule has 20 heavy (non-hydrogen) atoms. The van der Waals surface area contributed by atoms with Crippen molar-refractivity contribution in [1.29, 1.82) is 0 Å². The van der Waals surface area contributed by atoms with Crippen LogP contribution in [0.15, 0.2) is 30.3 Å². The van der Waals surface area contributed by atoms with Crippen molar-refractivity contribution in [3.05, 3.63) is 35.9 Å². The summed E-state index contributed by atoms with van der Waals surface area (Å²) >= 11 is 0. The summed E-state index contributed by atoms with van der Waals surface area (Å²) in [6.07, 6.45) is 4.49. The molecule has 0 amide bonds. The van der Waals surface area contributed by atoms with Crippen LogP contribution in [0, 0.1) is 0 Å². The molecular weight excluding hydrogens is 247 g/mol. The third-order valence-electron chi connectivity index (χ3n) is 4.28. The molecule has 1 aromatic carbocycles. The normalized spacial score (nSPS) is 23.6. The SMILES string of the molecule is BN[C@@H]1CCCN(CCCc2ccccc2)[C@H]1C(C)=O. The molecule has 0 aliphatic carbocycles. The molecule has 1 N–H and O–H groups in total. The van der Waals surface area contributed by atoms with Crippen molar-refractivity contribution in [3.8, 4) is 0 Å². The number of likely N-dealkylation sites (tertiary alicyclic amines) is 1. The van der Waals surface area contributed by atoms with Gasteiger partial charge in [-0.2, -0.15) is 0 Å². The highest BCUT2D eigenvalue weighted by Gasteiger charge is 2.32. The van der Waals surface area contributed by atoms with Crippen LogP contribution in [0.4, 0.5) is 0 Å². The largest absolute Gasteiger partial charge is 0.358 e. The predicted octanol–water partition coefficient (Wildman–Crippen LogP) is 1.18. The van der Waals surface area contributed by atoms with Gasteiger partial charge in [-0.05, 0) is 51.3 Å². The van der Waals surface area contributed by atoms with Crippen LogP contribution in [0.2, 0.25) is 0 Å². The number of piperidine rings is 1. The van der Waals surface area contributed by atoms with Gasteiger partial charge in [0.2, 0.25) is 0 Å². The smallest absolute Gasteiger partial charge is 0.182 e. The number of nitrogens with zero attached hydrogens (tertiary/aromatic N) is 1. The van der Waals surface area contributed by atoms with E-state index in [4.69, 9.17) is 0 Å². The average Bonchev–Trinajstić information content (AvgIpc) is 2.47. The second-order valence-corrected chi connectivity index (χ2v) is 5.72. The lowest BCUT2D eigenvalue weighted by Crippen LogP contribution is -2.56. The monoisotopic (exact) mass is 272 g/mol. The van der Waals surface area contributed by atoms with E-state index < -0.39 is 0 Å². The van der Waals surface area contributed by atoms with Crippen LogP contribution in [0.5, 0.6) is 0 Å². The van der Waals surface area contributed by atoms with Gasteiger partial charge in [0.15, 0.2) is 7.98 Å². The van der Waals surface area contributed by atoms with Crippen LogP contribution >= 0.6 is 0 Å². The molecule has 2 rings (SSSR count). The lowest BCUT2D eigenvalue weighted by molar-refractivity contribution is -0.124. The number of hydrogen-bond donors (Lipinski definition) is 1. The zero-order chi connectivity index (χ0) is 14.4. The second kappa shape index (κ2) is 7.60. The maximum absolute atomic E-state index is 11.9. The number of Topliss-reactive ketones (excluding diaryl/α,β-unsaturated/α-hetero) is 1. The third kappa shape index (κ3) is 3.93. The van der Waals surface area contributed by atoms with E-state index in [0.29, 0.717) is 11.8 Å². The van der Waals surface area contributed by atoms with E-state index in [1.54, 1.807) is 6.92 Å². The Hall–Kier alpha value is -1.13. The molecule has 1 aliphatic heterocycles. The van der Waals surface area contributed by atoms with Crippen molar-refractivity contribution < 1.29 is 4.79 Å². The van der Waals surface area contributed by atoms with Crippen LogP contribution in [0.25, 0.3) is 0 Å². The summed E-state index contributed by atoms with van der Waals surface area (Å²) in [5.41, 5.74) is 1.38. The summed E-state index contributed by atoms with van der Waals surface area (Å²) in [6, 6.07) is 11.0. The quantitative estimate of drug-likeness (QED) is 0.789. The molecule has 0 saturated carbocycles. The predicted molar refractivity (Wildman–Crippen MR) is 85.5 cm³/mol. The molecular formula is C16H25BN2O. The Morgan fingerprint density at radius 3 is 2.80 bits per heavy atom. The summed E-state index contributed by atoms with van der Waals surface area (Å²) in [6.45, 7) is 3.79. The molecule has 0 radical (unpaired) electrons. The molecule has 0 spiro atoms. The highest BCUT2D eigenvalue weighted by atomic mass is 16.1. The van der Waals surface area contributed by atoms with Crippen molar-refractivity contribution in [2.24, 2.45) is 0 Å². The number of nitrogens with one attached hydrogen (secondary N) is 1. The Balaban J connectivity index is 1.88. The van der Waals surface area contributed by atoms with Crippen LogP contribution < -0.4 is 5.23 Å². The zero-order valence-electron chi connectivity index (χ0n) is 12.6. The van der Waals surface area contributed by atoms with E-state index >= 15 is 0 Å². The summed E-state index contributed by atoms with van der Waals surface area (Å²) < 4.78 is 0. The number of hydrogen-bond acceptors (Lipinski definition) is 3. The molecule has 0 aromatic heterocycles. The minimum absolute atomic E-state index is 0.0597. The van der Waals surface area contributed by atoms with Crippen molar-refractivity contribution in [3.63, 3.8) is 0 Å². The van der Waals surface area contributed by atoms with Crippen LogP contribution in [-0.4, -0.2) is 43.8 Å². The number of carbonyl (C=O) groups excluding carboxylic acids is 1. The van der Waals surface area contributed by atoms with Crippen LogP contribution in [0.3, 0.4) is 0 Å². The number of ketones is 1. The van der Waals surface area contributed by atoms with Crippen molar-refractivity contribution in [2.45, 2.75) is 44.7 Å². The van der Waals surface area contributed by atoms with E-state index in [-0.39, 0.29) is 6.04 Å². The van der Waals surface area contributed by atoms with E-state index in [1.807, 2.05) is 7.98 Å².